The molecule has 1 fully saturated rings. The smallest absolute Gasteiger partial charge is 0.257 e. The number of hydrogen-bond donors (Lipinski definition) is 2. The molecule has 3 aromatic rings. The summed E-state index contributed by atoms with van der Waals surface area (Å²) in [4.78, 5) is 18.2. The standard InChI is InChI=1S/C22H22FN3O3S2/c1-13-7-10-17(31(28,29)26-16-8-9-16)12-18(13)21(27)25-22-24-14(2)20(30-22)11-15-5-3-4-6-19(15)23/h3-7,10,12,16,26H,8-9,11H2,1-2H3,(H,24,25,27). The fourth-order valence-corrected chi connectivity index (χ4v) is 5.44. The molecule has 162 valence electrons. The molecule has 1 heterocycles. The molecule has 1 amide bonds. The maximum atomic E-state index is 14.0. The van der Waals surface area contributed by atoms with Gasteiger partial charge in [0, 0.05) is 22.9 Å². The quantitative estimate of drug-likeness (QED) is 0.555. The topological polar surface area (TPSA) is 88.2 Å². The number of thiazole rings is 1. The van der Waals surface area contributed by atoms with Crippen LogP contribution in [0.1, 0.15) is 44.9 Å². The second kappa shape index (κ2) is 8.49. The number of nitrogens with zero attached hydrogens (tertiary/aromatic N) is 1. The zero-order valence-corrected chi connectivity index (χ0v) is 18.7. The zero-order chi connectivity index (χ0) is 22.2. The average molecular weight is 460 g/mol. The molecule has 1 saturated carbocycles. The Labute approximate surface area is 184 Å². The summed E-state index contributed by atoms with van der Waals surface area (Å²) in [5, 5.41) is 3.14. The Hall–Kier alpha value is -2.62. The molecule has 0 unspecified atom stereocenters. The van der Waals surface area contributed by atoms with E-state index >= 15 is 0 Å². The minimum atomic E-state index is -3.66. The van der Waals surface area contributed by atoms with Gasteiger partial charge in [-0.05, 0) is 56.0 Å². The van der Waals surface area contributed by atoms with Gasteiger partial charge in [0.2, 0.25) is 10.0 Å². The summed E-state index contributed by atoms with van der Waals surface area (Å²) in [5.74, 6) is -0.721. The third-order valence-electron chi connectivity index (χ3n) is 5.09. The summed E-state index contributed by atoms with van der Waals surface area (Å²) >= 11 is 1.28. The molecule has 2 aromatic carbocycles. The van der Waals surface area contributed by atoms with Gasteiger partial charge in [0.1, 0.15) is 5.82 Å². The Morgan fingerprint density at radius 3 is 2.65 bits per heavy atom. The molecular formula is C22H22FN3O3S2. The second-order valence-corrected chi connectivity index (χ2v) is 10.4. The zero-order valence-electron chi connectivity index (χ0n) is 17.1. The summed E-state index contributed by atoms with van der Waals surface area (Å²) in [6.07, 6.45) is 2.04. The molecule has 0 radical (unpaired) electrons. The van der Waals surface area contributed by atoms with Gasteiger partial charge in [-0.3, -0.25) is 10.1 Å². The van der Waals surface area contributed by atoms with Gasteiger partial charge in [0.25, 0.3) is 5.91 Å². The molecule has 2 N–H and O–H groups in total. The van der Waals surface area contributed by atoms with Gasteiger partial charge in [-0.2, -0.15) is 0 Å². The summed E-state index contributed by atoms with van der Waals surface area (Å²) in [6.45, 7) is 3.56. The van der Waals surface area contributed by atoms with E-state index in [1.165, 1.54) is 29.5 Å². The van der Waals surface area contributed by atoms with E-state index in [0.717, 1.165) is 17.7 Å². The predicted molar refractivity (Wildman–Crippen MR) is 119 cm³/mol. The van der Waals surface area contributed by atoms with E-state index in [2.05, 4.69) is 15.0 Å². The molecule has 31 heavy (non-hydrogen) atoms. The average Bonchev–Trinajstić information content (AvgIpc) is 3.45. The van der Waals surface area contributed by atoms with Crippen molar-refractivity contribution in [2.24, 2.45) is 0 Å². The largest absolute Gasteiger partial charge is 0.298 e. The monoisotopic (exact) mass is 459 g/mol. The molecule has 9 heteroatoms. The van der Waals surface area contributed by atoms with Crippen molar-refractivity contribution in [2.45, 2.75) is 44.0 Å². The first-order valence-corrected chi connectivity index (χ1v) is 12.2. The maximum absolute atomic E-state index is 14.0. The van der Waals surface area contributed by atoms with E-state index in [9.17, 15) is 17.6 Å². The molecule has 0 atom stereocenters. The van der Waals surface area contributed by atoms with E-state index in [1.54, 1.807) is 31.2 Å². The van der Waals surface area contributed by atoms with Crippen molar-refractivity contribution in [3.05, 3.63) is 75.5 Å². The molecule has 4 rings (SSSR count). The molecule has 0 bridgehead atoms. The number of anilines is 1. The number of carbonyl (C=O) groups excluding carboxylic acids is 1. The van der Waals surface area contributed by atoms with Crippen molar-refractivity contribution in [3.63, 3.8) is 0 Å². The van der Waals surface area contributed by atoms with Gasteiger partial charge in [0.05, 0.1) is 10.6 Å². The minimum absolute atomic E-state index is 0.0188. The highest BCUT2D eigenvalue weighted by Gasteiger charge is 2.28. The lowest BCUT2D eigenvalue weighted by atomic mass is 10.1. The van der Waals surface area contributed by atoms with Crippen LogP contribution in [0.4, 0.5) is 9.52 Å². The Morgan fingerprint density at radius 2 is 1.94 bits per heavy atom. The van der Waals surface area contributed by atoms with Crippen molar-refractivity contribution < 1.29 is 17.6 Å². The molecule has 1 aliphatic rings. The van der Waals surface area contributed by atoms with Crippen LogP contribution in [0.2, 0.25) is 0 Å². The van der Waals surface area contributed by atoms with E-state index in [1.807, 2.05) is 6.92 Å². The normalized spacial score (nSPS) is 13.9. The number of hydrogen-bond acceptors (Lipinski definition) is 5. The van der Waals surface area contributed by atoms with Gasteiger partial charge in [-0.15, -0.1) is 11.3 Å². The first kappa shape index (κ1) is 21.6. The SMILES string of the molecule is Cc1ccc(S(=O)(=O)NC2CC2)cc1C(=O)Nc1nc(C)c(Cc2ccccc2F)s1. The second-order valence-electron chi connectivity index (χ2n) is 7.62. The van der Waals surface area contributed by atoms with Gasteiger partial charge in [-0.25, -0.2) is 22.5 Å². The fraction of sp³-hybridized carbons (Fsp3) is 0.273. The number of sulfonamides is 1. The molecule has 0 aliphatic heterocycles. The number of amides is 1. The molecule has 6 nitrogen and oxygen atoms in total. The van der Waals surface area contributed by atoms with E-state index in [0.29, 0.717) is 28.4 Å². The lowest BCUT2D eigenvalue weighted by Crippen LogP contribution is -2.26. The van der Waals surface area contributed by atoms with Crippen LogP contribution in [0.25, 0.3) is 0 Å². The Kier molecular flexibility index (Phi) is 5.92. The highest BCUT2D eigenvalue weighted by atomic mass is 32.2. The van der Waals surface area contributed by atoms with Crippen molar-refractivity contribution in [1.82, 2.24) is 9.71 Å². The number of aromatic nitrogens is 1. The fourth-order valence-electron chi connectivity index (χ4n) is 3.13. The Bertz CT molecular complexity index is 1250. The summed E-state index contributed by atoms with van der Waals surface area (Å²) in [7, 11) is -3.66. The van der Waals surface area contributed by atoms with Crippen LogP contribution >= 0.6 is 11.3 Å². The van der Waals surface area contributed by atoms with Crippen LogP contribution in [-0.2, 0) is 16.4 Å². The van der Waals surface area contributed by atoms with Crippen molar-refractivity contribution in [1.29, 1.82) is 0 Å². The van der Waals surface area contributed by atoms with Crippen LogP contribution in [0, 0.1) is 19.7 Å². The van der Waals surface area contributed by atoms with Crippen LogP contribution in [0.3, 0.4) is 0 Å². The van der Waals surface area contributed by atoms with E-state index < -0.39 is 15.9 Å². The number of rotatable bonds is 7. The van der Waals surface area contributed by atoms with Crippen LogP contribution in [0.5, 0.6) is 0 Å². The Morgan fingerprint density at radius 1 is 1.19 bits per heavy atom. The number of halogens is 1. The highest BCUT2D eigenvalue weighted by molar-refractivity contribution is 7.89. The van der Waals surface area contributed by atoms with Crippen molar-refractivity contribution >= 4 is 32.4 Å². The Balaban J connectivity index is 1.53. The third kappa shape index (κ3) is 5.00. The van der Waals surface area contributed by atoms with Crippen molar-refractivity contribution in [2.75, 3.05) is 5.32 Å². The molecule has 0 saturated heterocycles. The summed E-state index contributed by atoms with van der Waals surface area (Å²) in [6, 6.07) is 11.0. The van der Waals surface area contributed by atoms with Crippen LogP contribution in [0.15, 0.2) is 47.4 Å². The lowest BCUT2D eigenvalue weighted by Gasteiger charge is -2.10. The van der Waals surface area contributed by atoms with E-state index in [-0.39, 0.29) is 22.3 Å². The third-order valence-corrected chi connectivity index (χ3v) is 7.68. The van der Waals surface area contributed by atoms with Gasteiger partial charge < -0.3 is 0 Å². The van der Waals surface area contributed by atoms with E-state index in [4.69, 9.17) is 0 Å². The number of aryl methyl sites for hydroxylation is 2. The lowest BCUT2D eigenvalue weighted by molar-refractivity contribution is 0.102. The maximum Gasteiger partial charge on any atom is 0.257 e. The van der Waals surface area contributed by atoms with Crippen molar-refractivity contribution in [3.8, 4) is 0 Å². The summed E-state index contributed by atoms with van der Waals surface area (Å²) < 4.78 is 41.6. The number of benzene rings is 2. The molecule has 1 aliphatic carbocycles. The summed E-state index contributed by atoms with van der Waals surface area (Å²) in [5.41, 5.74) is 2.19. The molecule has 1 aromatic heterocycles. The van der Waals surface area contributed by atoms with Gasteiger partial charge >= 0.3 is 0 Å². The van der Waals surface area contributed by atoms with Gasteiger partial charge in [0.15, 0.2) is 5.13 Å². The number of carbonyl (C=O) groups is 1. The highest BCUT2D eigenvalue weighted by Crippen LogP contribution is 2.27. The minimum Gasteiger partial charge on any atom is -0.298 e. The number of nitrogens with one attached hydrogen (secondary N) is 2. The first-order valence-electron chi connectivity index (χ1n) is 9.87. The molecular weight excluding hydrogens is 437 g/mol. The van der Waals surface area contributed by atoms with Gasteiger partial charge in [-0.1, -0.05) is 24.3 Å². The van der Waals surface area contributed by atoms with Crippen LogP contribution in [-0.4, -0.2) is 25.4 Å². The van der Waals surface area contributed by atoms with Crippen LogP contribution < -0.4 is 10.0 Å². The first-order chi connectivity index (χ1) is 14.7. The predicted octanol–water partition coefficient (Wildman–Crippen LogP) is 4.18. The molecule has 0 spiro atoms.